The Balaban J connectivity index is 1.89. The fraction of sp³-hybridized carbons (Fsp3) is 0.250. The van der Waals surface area contributed by atoms with Crippen molar-refractivity contribution in [3.05, 3.63) is 34.6 Å². The molecule has 88 valence electrons. The molecule has 2 N–H and O–H groups in total. The van der Waals surface area contributed by atoms with Gasteiger partial charge in [0.25, 0.3) is 0 Å². The number of anilines is 1. The molecule has 0 saturated heterocycles. The lowest BCUT2D eigenvalue weighted by Gasteiger charge is -2.00. The number of aromatic nitrogens is 2. The van der Waals surface area contributed by atoms with Crippen molar-refractivity contribution < 1.29 is 4.39 Å². The van der Waals surface area contributed by atoms with E-state index >= 15 is 0 Å². The van der Waals surface area contributed by atoms with Crippen molar-refractivity contribution in [3.63, 3.8) is 0 Å². The van der Waals surface area contributed by atoms with Gasteiger partial charge in [0.2, 0.25) is 0 Å². The van der Waals surface area contributed by atoms with Crippen LogP contribution >= 0.6 is 15.9 Å². The lowest BCUT2D eigenvalue weighted by Crippen LogP contribution is -2.00. The molecular weight excluding hydrogens is 285 g/mol. The molecule has 0 amide bonds. The first kappa shape index (κ1) is 10.8. The Labute approximate surface area is 107 Å². The van der Waals surface area contributed by atoms with Gasteiger partial charge in [0, 0.05) is 22.1 Å². The van der Waals surface area contributed by atoms with Gasteiger partial charge in [0.05, 0.1) is 5.69 Å². The first-order chi connectivity index (χ1) is 8.22. The number of benzene rings is 1. The molecule has 1 heterocycles. The molecule has 0 bridgehead atoms. The first-order valence-electron chi connectivity index (χ1n) is 5.50. The lowest BCUT2D eigenvalue weighted by molar-refractivity contribution is 0.630. The second-order valence-electron chi connectivity index (χ2n) is 4.21. The Morgan fingerprint density at radius 3 is 2.88 bits per heavy atom. The molecule has 3 rings (SSSR count). The Bertz CT molecular complexity index is 548. The topological polar surface area (TPSA) is 40.7 Å². The van der Waals surface area contributed by atoms with Crippen molar-refractivity contribution in [1.82, 2.24) is 10.2 Å². The average Bonchev–Trinajstić information content (AvgIpc) is 2.96. The molecule has 3 nitrogen and oxygen atoms in total. The molecule has 5 heteroatoms. The normalized spacial score (nSPS) is 14.9. The SMILES string of the molecule is Fc1cc(Br)ccc1-c1cc(NC2CC2)n[nH]1. The summed E-state index contributed by atoms with van der Waals surface area (Å²) in [5, 5.41) is 10.2. The lowest BCUT2D eigenvalue weighted by atomic mass is 10.1. The van der Waals surface area contributed by atoms with E-state index in [1.54, 1.807) is 6.07 Å². The summed E-state index contributed by atoms with van der Waals surface area (Å²) < 4.78 is 14.5. The van der Waals surface area contributed by atoms with E-state index < -0.39 is 0 Å². The maximum atomic E-state index is 13.7. The Morgan fingerprint density at radius 1 is 1.35 bits per heavy atom. The van der Waals surface area contributed by atoms with Gasteiger partial charge in [-0.25, -0.2) is 4.39 Å². The van der Waals surface area contributed by atoms with E-state index in [2.05, 4.69) is 31.4 Å². The highest BCUT2D eigenvalue weighted by Crippen LogP contribution is 2.28. The van der Waals surface area contributed by atoms with Crippen LogP contribution in [0.1, 0.15) is 12.8 Å². The smallest absolute Gasteiger partial charge is 0.148 e. The monoisotopic (exact) mass is 295 g/mol. The fourth-order valence-electron chi connectivity index (χ4n) is 1.68. The molecule has 0 spiro atoms. The highest BCUT2D eigenvalue weighted by molar-refractivity contribution is 9.10. The summed E-state index contributed by atoms with van der Waals surface area (Å²) in [6.45, 7) is 0. The number of rotatable bonds is 3. The summed E-state index contributed by atoms with van der Waals surface area (Å²) in [4.78, 5) is 0. The zero-order valence-corrected chi connectivity index (χ0v) is 10.6. The van der Waals surface area contributed by atoms with Crippen LogP contribution in [0.15, 0.2) is 28.7 Å². The largest absolute Gasteiger partial charge is 0.366 e. The van der Waals surface area contributed by atoms with Crippen molar-refractivity contribution in [2.75, 3.05) is 5.32 Å². The van der Waals surface area contributed by atoms with Crippen molar-refractivity contribution in [2.45, 2.75) is 18.9 Å². The van der Waals surface area contributed by atoms with E-state index in [-0.39, 0.29) is 5.82 Å². The van der Waals surface area contributed by atoms with Gasteiger partial charge in [-0.05, 0) is 31.0 Å². The third kappa shape index (κ3) is 2.34. The first-order valence-corrected chi connectivity index (χ1v) is 6.29. The summed E-state index contributed by atoms with van der Waals surface area (Å²) in [7, 11) is 0. The number of hydrogen-bond acceptors (Lipinski definition) is 2. The molecule has 17 heavy (non-hydrogen) atoms. The van der Waals surface area contributed by atoms with Gasteiger partial charge in [-0.2, -0.15) is 5.10 Å². The molecule has 1 fully saturated rings. The summed E-state index contributed by atoms with van der Waals surface area (Å²) in [6.07, 6.45) is 2.38. The van der Waals surface area contributed by atoms with Crippen molar-refractivity contribution in [2.24, 2.45) is 0 Å². The molecule has 0 unspecified atom stereocenters. The Kier molecular flexibility index (Phi) is 2.63. The van der Waals surface area contributed by atoms with Crippen LogP contribution in [0, 0.1) is 5.82 Å². The molecule has 1 aromatic heterocycles. The van der Waals surface area contributed by atoms with Crippen LogP contribution in [0.3, 0.4) is 0 Å². The summed E-state index contributed by atoms with van der Waals surface area (Å²) in [5.41, 5.74) is 1.22. The maximum absolute atomic E-state index is 13.7. The van der Waals surface area contributed by atoms with E-state index in [4.69, 9.17) is 0 Å². The van der Waals surface area contributed by atoms with Crippen LogP contribution in [0.5, 0.6) is 0 Å². The van der Waals surface area contributed by atoms with Crippen molar-refractivity contribution in [1.29, 1.82) is 0 Å². The Hall–Kier alpha value is -1.36. The number of nitrogens with one attached hydrogen (secondary N) is 2. The molecule has 0 radical (unpaired) electrons. The summed E-state index contributed by atoms with van der Waals surface area (Å²) in [5.74, 6) is 0.519. The number of H-pyrrole nitrogens is 1. The molecule has 1 saturated carbocycles. The molecule has 0 aliphatic heterocycles. The maximum Gasteiger partial charge on any atom is 0.148 e. The third-order valence-electron chi connectivity index (χ3n) is 2.73. The second kappa shape index (κ2) is 4.14. The van der Waals surface area contributed by atoms with Gasteiger partial charge < -0.3 is 5.32 Å². The Morgan fingerprint density at radius 2 is 2.18 bits per heavy atom. The molecular formula is C12H11BrFN3. The van der Waals surface area contributed by atoms with Gasteiger partial charge in [-0.1, -0.05) is 15.9 Å². The van der Waals surface area contributed by atoms with Crippen LogP contribution < -0.4 is 5.32 Å². The van der Waals surface area contributed by atoms with E-state index in [1.807, 2.05) is 12.1 Å². The van der Waals surface area contributed by atoms with Crippen LogP contribution in [0.25, 0.3) is 11.3 Å². The summed E-state index contributed by atoms with van der Waals surface area (Å²) >= 11 is 3.24. The second-order valence-corrected chi connectivity index (χ2v) is 5.13. The quantitative estimate of drug-likeness (QED) is 0.909. The van der Waals surface area contributed by atoms with Gasteiger partial charge in [-0.15, -0.1) is 0 Å². The van der Waals surface area contributed by atoms with Gasteiger partial charge in [0.1, 0.15) is 11.6 Å². The van der Waals surface area contributed by atoms with Crippen LogP contribution in [0.2, 0.25) is 0 Å². The molecule has 1 aliphatic carbocycles. The highest BCUT2D eigenvalue weighted by Gasteiger charge is 2.22. The van der Waals surface area contributed by atoms with E-state index in [0.717, 1.165) is 10.3 Å². The van der Waals surface area contributed by atoms with Gasteiger partial charge >= 0.3 is 0 Å². The van der Waals surface area contributed by atoms with E-state index in [1.165, 1.54) is 18.9 Å². The van der Waals surface area contributed by atoms with Crippen LogP contribution in [0.4, 0.5) is 10.2 Å². The van der Waals surface area contributed by atoms with Gasteiger partial charge in [0.15, 0.2) is 0 Å². The van der Waals surface area contributed by atoms with Crippen molar-refractivity contribution in [3.8, 4) is 11.3 Å². The molecule has 1 aromatic carbocycles. The summed E-state index contributed by atoms with van der Waals surface area (Å²) in [6, 6.07) is 7.37. The predicted octanol–water partition coefficient (Wildman–Crippen LogP) is 3.55. The standard InChI is InChI=1S/C12H11BrFN3/c13-7-1-4-9(10(14)5-7)11-6-12(17-16-11)15-8-2-3-8/h1,4-6,8H,2-3H2,(H2,15,16,17). The predicted molar refractivity (Wildman–Crippen MR) is 68.3 cm³/mol. The highest BCUT2D eigenvalue weighted by atomic mass is 79.9. The molecule has 2 aromatic rings. The average molecular weight is 296 g/mol. The van der Waals surface area contributed by atoms with Gasteiger partial charge in [-0.3, -0.25) is 5.10 Å². The van der Waals surface area contributed by atoms with Crippen LogP contribution in [-0.2, 0) is 0 Å². The zero-order valence-electron chi connectivity index (χ0n) is 9.00. The number of hydrogen-bond donors (Lipinski definition) is 2. The molecule has 1 aliphatic rings. The van der Waals surface area contributed by atoms with Crippen molar-refractivity contribution >= 4 is 21.7 Å². The minimum atomic E-state index is -0.263. The fourth-order valence-corrected chi connectivity index (χ4v) is 2.01. The zero-order chi connectivity index (χ0) is 11.8. The number of aromatic amines is 1. The minimum Gasteiger partial charge on any atom is -0.366 e. The van der Waals surface area contributed by atoms with Crippen LogP contribution in [-0.4, -0.2) is 16.2 Å². The minimum absolute atomic E-state index is 0.263. The third-order valence-corrected chi connectivity index (χ3v) is 3.22. The molecule has 0 atom stereocenters. The van der Waals surface area contributed by atoms with E-state index in [0.29, 0.717) is 17.3 Å². The number of nitrogens with zero attached hydrogens (tertiary/aromatic N) is 1. The number of halogens is 2. The van der Waals surface area contributed by atoms with E-state index in [9.17, 15) is 4.39 Å².